The minimum atomic E-state index is -0.297. The van der Waals surface area contributed by atoms with Gasteiger partial charge in [-0.1, -0.05) is 30.3 Å². The summed E-state index contributed by atoms with van der Waals surface area (Å²) in [4.78, 5) is 22.4. The predicted molar refractivity (Wildman–Crippen MR) is 63.8 cm³/mol. The second kappa shape index (κ2) is 5.41. The molecule has 0 saturated heterocycles. The van der Waals surface area contributed by atoms with Crippen molar-refractivity contribution in [3.05, 3.63) is 48.0 Å². The molecule has 4 nitrogen and oxygen atoms in total. The highest BCUT2D eigenvalue weighted by Crippen LogP contribution is 2.03. The molecule has 17 heavy (non-hydrogen) atoms. The molecule has 4 heteroatoms. The number of hydrogen-bond acceptors (Lipinski definition) is 3. The molecule has 1 aromatic rings. The zero-order valence-corrected chi connectivity index (χ0v) is 9.43. The number of nitrogens with zero attached hydrogens (tertiary/aromatic N) is 1. The predicted octanol–water partition coefficient (Wildman–Crippen LogP) is 1.05. The van der Waals surface area contributed by atoms with Gasteiger partial charge in [0, 0.05) is 18.7 Å². The van der Waals surface area contributed by atoms with Gasteiger partial charge in [-0.15, -0.1) is 0 Å². The van der Waals surface area contributed by atoms with Crippen LogP contribution in [0.2, 0.25) is 0 Å². The lowest BCUT2D eigenvalue weighted by molar-refractivity contribution is -0.140. The van der Waals surface area contributed by atoms with Crippen LogP contribution in [0, 0.1) is 0 Å². The van der Waals surface area contributed by atoms with Gasteiger partial charge in [0.05, 0.1) is 0 Å². The Hall–Kier alpha value is -1.94. The van der Waals surface area contributed by atoms with Gasteiger partial charge in [-0.3, -0.25) is 9.59 Å². The van der Waals surface area contributed by atoms with Crippen LogP contribution >= 0.6 is 0 Å². The third-order valence-corrected chi connectivity index (χ3v) is 2.56. The number of rotatable bonds is 5. The fraction of sp³-hybridized carbons (Fsp3) is 0.231. The second-order valence-corrected chi connectivity index (χ2v) is 3.84. The van der Waals surface area contributed by atoms with Crippen molar-refractivity contribution in [2.75, 3.05) is 6.54 Å². The maximum atomic E-state index is 11.2. The number of benzene rings is 1. The van der Waals surface area contributed by atoms with E-state index in [4.69, 9.17) is 0 Å². The Morgan fingerprint density at radius 3 is 2.29 bits per heavy atom. The third-order valence-electron chi connectivity index (χ3n) is 2.56. The lowest BCUT2D eigenvalue weighted by atomic mass is 10.1. The molecule has 2 rings (SSSR count). The molecular formula is C13H14N2O2. The van der Waals surface area contributed by atoms with Crippen molar-refractivity contribution in [3.8, 4) is 0 Å². The Morgan fingerprint density at radius 1 is 1.00 bits per heavy atom. The first-order chi connectivity index (χ1) is 8.27. The number of amides is 2. The van der Waals surface area contributed by atoms with Crippen LogP contribution in [0.1, 0.15) is 12.0 Å². The number of nitrogens with one attached hydrogen (secondary N) is 1. The highest BCUT2D eigenvalue weighted by molar-refractivity contribution is 6.12. The van der Waals surface area contributed by atoms with Gasteiger partial charge in [0.2, 0.25) is 0 Å². The molecule has 1 heterocycles. The first-order valence-electron chi connectivity index (χ1n) is 5.61. The van der Waals surface area contributed by atoms with Gasteiger partial charge in [0.15, 0.2) is 0 Å². The lowest BCUT2D eigenvalue weighted by Gasteiger charge is -2.14. The summed E-state index contributed by atoms with van der Waals surface area (Å²) in [5, 5.41) is 1.05. The van der Waals surface area contributed by atoms with Crippen molar-refractivity contribution in [1.82, 2.24) is 10.4 Å². The number of carbonyl (C=O) groups is 2. The van der Waals surface area contributed by atoms with Crippen LogP contribution in [0.4, 0.5) is 0 Å². The first-order valence-corrected chi connectivity index (χ1v) is 5.61. The van der Waals surface area contributed by atoms with E-state index in [2.05, 4.69) is 17.6 Å². The SMILES string of the molecule is O=C1C=CC(=O)N1NCCCc1ccccc1. The second-order valence-electron chi connectivity index (χ2n) is 3.84. The van der Waals surface area contributed by atoms with Crippen molar-refractivity contribution in [2.24, 2.45) is 0 Å². The largest absolute Gasteiger partial charge is 0.268 e. The fourth-order valence-corrected chi connectivity index (χ4v) is 1.68. The third kappa shape index (κ3) is 3.01. The van der Waals surface area contributed by atoms with E-state index < -0.39 is 0 Å². The Morgan fingerprint density at radius 2 is 1.65 bits per heavy atom. The van der Waals surface area contributed by atoms with E-state index in [1.54, 1.807) is 0 Å². The average molecular weight is 230 g/mol. The van der Waals surface area contributed by atoms with Gasteiger partial charge in [0.1, 0.15) is 0 Å². The molecule has 0 bridgehead atoms. The standard InChI is InChI=1S/C13H14N2O2/c16-12-8-9-13(17)15(12)14-10-4-7-11-5-2-1-3-6-11/h1-3,5-6,8-9,14H,4,7,10H2. The zero-order valence-electron chi connectivity index (χ0n) is 9.43. The van der Waals surface area contributed by atoms with Crippen LogP contribution in [0.5, 0.6) is 0 Å². The van der Waals surface area contributed by atoms with Crippen LogP contribution in [-0.4, -0.2) is 23.4 Å². The minimum absolute atomic E-state index is 0.297. The smallest absolute Gasteiger partial charge is 0.268 e. The van der Waals surface area contributed by atoms with Gasteiger partial charge in [-0.2, -0.15) is 0 Å². The van der Waals surface area contributed by atoms with Crippen molar-refractivity contribution < 1.29 is 9.59 Å². The summed E-state index contributed by atoms with van der Waals surface area (Å²) in [5.74, 6) is -0.593. The Bertz CT molecular complexity index is 422. The molecule has 0 aromatic heterocycles. The molecule has 0 unspecified atom stereocenters. The Kier molecular flexibility index (Phi) is 3.67. The average Bonchev–Trinajstić information content (AvgIpc) is 2.67. The lowest BCUT2D eigenvalue weighted by Crippen LogP contribution is -2.43. The molecule has 2 amide bonds. The minimum Gasteiger partial charge on any atom is -0.268 e. The summed E-state index contributed by atoms with van der Waals surface area (Å²) in [6, 6.07) is 10.1. The number of hydrazine groups is 1. The summed E-state index contributed by atoms with van der Waals surface area (Å²) < 4.78 is 0. The maximum absolute atomic E-state index is 11.2. The summed E-state index contributed by atoms with van der Waals surface area (Å²) in [5.41, 5.74) is 4.08. The first kappa shape index (κ1) is 11.5. The number of aryl methyl sites for hydroxylation is 1. The van der Waals surface area contributed by atoms with Crippen LogP contribution in [-0.2, 0) is 16.0 Å². The summed E-state index contributed by atoms with van der Waals surface area (Å²) in [7, 11) is 0. The quantitative estimate of drug-likeness (QED) is 0.607. The van der Waals surface area contributed by atoms with Crippen LogP contribution in [0.3, 0.4) is 0 Å². The number of imide groups is 1. The van der Waals surface area contributed by atoms with Crippen molar-refractivity contribution >= 4 is 11.8 Å². The van der Waals surface area contributed by atoms with E-state index >= 15 is 0 Å². The van der Waals surface area contributed by atoms with Crippen molar-refractivity contribution in [3.63, 3.8) is 0 Å². The molecule has 1 aliphatic rings. The van der Waals surface area contributed by atoms with Gasteiger partial charge in [-0.25, -0.2) is 10.4 Å². The van der Waals surface area contributed by atoms with E-state index in [0.29, 0.717) is 6.54 Å². The molecule has 88 valence electrons. The van der Waals surface area contributed by atoms with E-state index in [1.165, 1.54) is 17.7 Å². The molecule has 0 atom stereocenters. The maximum Gasteiger partial charge on any atom is 0.268 e. The van der Waals surface area contributed by atoms with Crippen molar-refractivity contribution in [2.45, 2.75) is 12.8 Å². The Balaban J connectivity index is 1.70. The highest BCUT2D eigenvalue weighted by atomic mass is 16.2. The number of carbonyl (C=O) groups excluding carboxylic acids is 2. The topological polar surface area (TPSA) is 49.4 Å². The van der Waals surface area contributed by atoms with Gasteiger partial charge in [0.25, 0.3) is 11.8 Å². The number of hydrogen-bond donors (Lipinski definition) is 1. The molecular weight excluding hydrogens is 216 g/mol. The highest BCUT2D eigenvalue weighted by Gasteiger charge is 2.22. The Labute approximate surface area is 99.9 Å². The molecule has 1 aliphatic heterocycles. The molecule has 0 aliphatic carbocycles. The van der Waals surface area contributed by atoms with E-state index in [9.17, 15) is 9.59 Å². The van der Waals surface area contributed by atoms with E-state index in [0.717, 1.165) is 17.9 Å². The molecule has 1 aromatic carbocycles. The normalized spacial score (nSPS) is 14.7. The molecule has 1 N–H and O–H groups in total. The molecule has 0 spiro atoms. The molecule has 0 saturated carbocycles. The monoisotopic (exact) mass is 230 g/mol. The van der Waals surface area contributed by atoms with Gasteiger partial charge < -0.3 is 0 Å². The molecule has 0 fully saturated rings. The van der Waals surface area contributed by atoms with Gasteiger partial charge >= 0.3 is 0 Å². The fourth-order valence-electron chi connectivity index (χ4n) is 1.68. The van der Waals surface area contributed by atoms with Crippen LogP contribution in [0.15, 0.2) is 42.5 Å². The van der Waals surface area contributed by atoms with E-state index in [1.807, 2.05) is 18.2 Å². The summed E-state index contributed by atoms with van der Waals surface area (Å²) >= 11 is 0. The summed E-state index contributed by atoms with van der Waals surface area (Å²) in [6.07, 6.45) is 4.34. The molecule has 0 radical (unpaired) electrons. The van der Waals surface area contributed by atoms with E-state index in [-0.39, 0.29) is 11.8 Å². The van der Waals surface area contributed by atoms with Crippen LogP contribution in [0.25, 0.3) is 0 Å². The van der Waals surface area contributed by atoms with Crippen molar-refractivity contribution in [1.29, 1.82) is 0 Å². The zero-order chi connectivity index (χ0) is 12.1. The summed E-state index contributed by atoms with van der Waals surface area (Å²) in [6.45, 7) is 0.605. The van der Waals surface area contributed by atoms with Gasteiger partial charge in [-0.05, 0) is 18.4 Å². The van der Waals surface area contributed by atoms with Crippen LogP contribution < -0.4 is 5.43 Å².